The van der Waals surface area contributed by atoms with Gasteiger partial charge in [0.05, 0.1) is 5.69 Å². The zero-order valence-corrected chi connectivity index (χ0v) is 14.5. The van der Waals surface area contributed by atoms with Crippen molar-refractivity contribution in [3.8, 4) is 0 Å². The number of rotatable bonds is 6. The number of halogens is 1. The maximum absolute atomic E-state index is 12.0. The van der Waals surface area contributed by atoms with E-state index in [0.29, 0.717) is 22.9 Å². The summed E-state index contributed by atoms with van der Waals surface area (Å²) in [4.78, 5) is 23.9. The van der Waals surface area contributed by atoms with E-state index < -0.39 is 18.0 Å². The Morgan fingerprint density at radius 3 is 2.54 bits per heavy atom. The highest BCUT2D eigenvalue weighted by atomic mass is 35.5. The van der Waals surface area contributed by atoms with Crippen LogP contribution in [0.3, 0.4) is 0 Å². The molecule has 24 heavy (non-hydrogen) atoms. The van der Waals surface area contributed by atoms with Crippen LogP contribution in [-0.4, -0.2) is 23.1 Å². The van der Waals surface area contributed by atoms with E-state index >= 15 is 0 Å². The van der Waals surface area contributed by atoms with Gasteiger partial charge in [0, 0.05) is 22.7 Å². The minimum Gasteiger partial charge on any atom is -0.453 e. The first kappa shape index (κ1) is 18.0. The van der Waals surface area contributed by atoms with E-state index in [1.54, 1.807) is 31.2 Å². The lowest BCUT2D eigenvalue weighted by molar-refractivity contribution is -0.153. The molecule has 128 valence electrons. The lowest BCUT2D eigenvalue weighted by Crippen LogP contribution is -2.30. The third-order valence-electron chi connectivity index (χ3n) is 3.55. The Kier molecular flexibility index (Phi) is 5.98. The van der Waals surface area contributed by atoms with Crippen LogP contribution in [0, 0.1) is 13.8 Å². The Bertz CT molecular complexity index is 705. The standard InChI is InChI=1S/C17H19ClN2O4/c1-10-15(11(2)24-20-10)8-9-16(21)23-12(3)17(22)19-14-6-4-13(18)5-7-14/h4-7,12H,8-9H2,1-3H3,(H,19,22)/t12-/m0/s1. The van der Waals surface area contributed by atoms with Gasteiger partial charge in [-0.2, -0.15) is 0 Å². The van der Waals surface area contributed by atoms with Crippen molar-refractivity contribution < 1.29 is 18.8 Å². The molecule has 0 unspecified atom stereocenters. The molecule has 1 heterocycles. The number of anilines is 1. The van der Waals surface area contributed by atoms with E-state index in [0.717, 1.165) is 11.3 Å². The van der Waals surface area contributed by atoms with Gasteiger partial charge in [0.15, 0.2) is 6.10 Å². The molecule has 1 aromatic heterocycles. The second-order valence-corrected chi connectivity index (χ2v) is 5.87. The number of hydrogen-bond donors (Lipinski definition) is 1. The Hall–Kier alpha value is -2.34. The van der Waals surface area contributed by atoms with Crippen LogP contribution < -0.4 is 5.32 Å². The number of ether oxygens (including phenoxy) is 1. The number of amides is 1. The maximum atomic E-state index is 12.0. The quantitative estimate of drug-likeness (QED) is 0.807. The maximum Gasteiger partial charge on any atom is 0.306 e. The number of hydrogen-bond acceptors (Lipinski definition) is 5. The molecule has 0 aliphatic heterocycles. The number of esters is 1. The molecule has 2 rings (SSSR count). The summed E-state index contributed by atoms with van der Waals surface area (Å²) in [5, 5.41) is 7.07. The fourth-order valence-electron chi connectivity index (χ4n) is 2.17. The molecule has 0 radical (unpaired) electrons. The van der Waals surface area contributed by atoms with Crippen molar-refractivity contribution in [1.29, 1.82) is 0 Å². The highest BCUT2D eigenvalue weighted by Crippen LogP contribution is 2.16. The molecule has 0 aliphatic carbocycles. The predicted octanol–water partition coefficient (Wildman–Crippen LogP) is 3.45. The lowest BCUT2D eigenvalue weighted by Gasteiger charge is -2.13. The van der Waals surface area contributed by atoms with Gasteiger partial charge in [-0.05, 0) is 51.5 Å². The number of aromatic nitrogens is 1. The molecule has 0 spiro atoms. The number of benzene rings is 1. The van der Waals surface area contributed by atoms with Crippen molar-refractivity contribution in [2.24, 2.45) is 0 Å². The Morgan fingerprint density at radius 2 is 1.96 bits per heavy atom. The normalized spacial score (nSPS) is 11.8. The topological polar surface area (TPSA) is 81.4 Å². The summed E-state index contributed by atoms with van der Waals surface area (Å²) in [6.45, 7) is 5.14. The fourth-order valence-corrected chi connectivity index (χ4v) is 2.30. The van der Waals surface area contributed by atoms with E-state index in [9.17, 15) is 9.59 Å². The third-order valence-corrected chi connectivity index (χ3v) is 3.80. The van der Waals surface area contributed by atoms with Crippen LogP contribution >= 0.6 is 11.6 Å². The summed E-state index contributed by atoms with van der Waals surface area (Å²) in [5.41, 5.74) is 2.24. The molecule has 0 aliphatic rings. The van der Waals surface area contributed by atoms with Crippen LogP contribution in [0.1, 0.15) is 30.4 Å². The smallest absolute Gasteiger partial charge is 0.306 e. The summed E-state index contributed by atoms with van der Waals surface area (Å²) in [5.74, 6) is -0.161. The molecular formula is C17H19ClN2O4. The molecule has 1 atom stereocenters. The SMILES string of the molecule is Cc1noc(C)c1CCC(=O)O[C@@H](C)C(=O)Nc1ccc(Cl)cc1. The van der Waals surface area contributed by atoms with E-state index in [4.69, 9.17) is 20.9 Å². The minimum absolute atomic E-state index is 0.154. The van der Waals surface area contributed by atoms with Gasteiger partial charge in [0.1, 0.15) is 5.76 Å². The van der Waals surface area contributed by atoms with Gasteiger partial charge in [0.2, 0.25) is 0 Å². The Labute approximate surface area is 145 Å². The lowest BCUT2D eigenvalue weighted by atomic mass is 10.1. The molecule has 6 nitrogen and oxygen atoms in total. The first-order chi connectivity index (χ1) is 11.4. The highest BCUT2D eigenvalue weighted by molar-refractivity contribution is 6.30. The number of nitrogens with one attached hydrogen (secondary N) is 1. The molecule has 2 aromatic rings. The average Bonchev–Trinajstić information content (AvgIpc) is 2.86. The second-order valence-electron chi connectivity index (χ2n) is 5.43. The largest absolute Gasteiger partial charge is 0.453 e. The summed E-state index contributed by atoms with van der Waals surface area (Å²) >= 11 is 5.79. The predicted molar refractivity (Wildman–Crippen MR) is 89.9 cm³/mol. The molecule has 0 bridgehead atoms. The van der Waals surface area contributed by atoms with Gasteiger partial charge >= 0.3 is 5.97 Å². The first-order valence-corrected chi connectivity index (χ1v) is 7.92. The van der Waals surface area contributed by atoms with Gasteiger partial charge in [-0.3, -0.25) is 9.59 Å². The van der Waals surface area contributed by atoms with Gasteiger partial charge in [0.25, 0.3) is 5.91 Å². The molecule has 0 saturated heterocycles. The van der Waals surface area contributed by atoms with Gasteiger partial charge < -0.3 is 14.6 Å². The summed E-state index contributed by atoms with van der Waals surface area (Å²) in [6.07, 6.45) is -0.273. The fraction of sp³-hybridized carbons (Fsp3) is 0.353. The Morgan fingerprint density at radius 1 is 1.29 bits per heavy atom. The van der Waals surface area contributed by atoms with Gasteiger partial charge in [-0.15, -0.1) is 0 Å². The van der Waals surface area contributed by atoms with E-state index in [1.807, 2.05) is 6.92 Å². The molecular weight excluding hydrogens is 332 g/mol. The average molecular weight is 351 g/mol. The highest BCUT2D eigenvalue weighted by Gasteiger charge is 2.19. The van der Waals surface area contributed by atoms with Crippen molar-refractivity contribution in [3.63, 3.8) is 0 Å². The minimum atomic E-state index is -0.891. The van der Waals surface area contributed by atoms with Crippen LogP contribution in [0.4, 0.5) is 5.69 Å². The van der Waals surface area contributed by atoms with E-state index in [-0.39, 0.29) is 6.42 Å². The number of nitrogens with zero attached hydrogens (tertiary/aromatic N) is 1. The van der Waals surface area contributed by atoms with Crippen LogP contribution in [0.5, 0.6) is 0 Å². The Balaban J connectivity index is 1.82. The zero-order valence-electron chi connectivity index (χ0n) is 13.8. The molecule has 0 fully saturated rings. The summed E-state index contributed by atoms with van der Waals surface area (Å²) < 4.78 is 10.2. The van der Waals surface area contributed by atoms with Gasteiger partial charge in [-0.25, -0.2) is 0 Å². The summed E-state index contributed by atoms with van der Waals surface area (Å²) in [7, 11) is 0. The van der Waals surface area contributed by atoms with Crippen molar-refractivity contribution >= 4 is 29.2 Å². The summed E-state index contributed by atoms with van der Waals surface area (Å²) in [6, 6.07) is 6.67. The van der Waals surface area contributed by atoms with Crippen LogP contribution in [0.25, 0.3) is 0 Å². The van der Waals surface area contributed by atoms with E-state index in [2.05, 4.69) is 10.5 Å². The zero-order chi connectivity index (χ0) is 17.7. The van der Waals surface area contributed by atoms with Crippen molar-refractivity contribution in [2.75, 3.05) is 5.32 Å². The molecule has 0 saturated carbocycles. The molecule has 1 aromatic carbocycles. The molecule has 1 amide bonds. The van der Waals surface area contributed by atoms with Gasteiger partial charge in [-0.1, -0.05) is 16.8 Å². The number of carbonyl (C=O) groups excluding carboxylic acids is 2. The van der Waals surface area contributed by atoms with Crippen LogP contribution in [0.15, 0.2) is 28.8 Å². The second kappa shape index (κ2) is 7.97. The third kappa shape index (κ3) is 4.83. The van der Waals surface area contributed by atoms with Crippen molar-refractivity contribution in [3.05, 3.63) is 46.3 Å². The van der Waals surface area contributed by atoms with Crippen molar-refractivity contribution in [2.45, 2.75) is 39.7 Å². The molecule has 1 N–H and O–H groups in total. The van der Waals surface area contributed by atoms with Crippen molar-refractivity contribution in [1.82, 2.24) is 5.16 Å². The van der Waals surface area contributed by atoms with E-state index in [1.165, 1.54) is 6.92 Å². The number of aryl methyl sites for hydroxylation is 2. The van der Waals surface area contributed by atoms with Crippen LogP contribution in [-0.2, 0) is 20.7 Å². The molecule has 7 heteroatoms. The number of carbonyl (C=O) groups is 2. The van der Waals surface area contributed by atoms with Crippen LogP contribution in [0.2, 0.25) is 5.02 Å². The first-order valence-electron chi connectivity index (χ1n) is 7.54. The monoisotopic (exact) mass is 350 g/mol.